The first-order valence-corrected chi connectivity index (χ1v) is 7.06. The Morgan fingerprint density at radius 2 is 2.33 bits per heavy atom. The Balaban J connectivity index is 1.74. The quantitative estimate of drug-likeness (QED) is 0.901. The highest BCUT2D eigenvalue weighted by Gasteiger charge is 2.29. The van der Waals surface area contributed by atoms with Gasteiger partial charge in [0.2, 0.25) is 0 Å². The van der Waals surface area contributed by atoms with Crippen molar-refractivity contribution in [3.05, 3.63) is 47.0 Å². The highest BCUT2D eigenvalue weighted by atomic mass is 16.5. The summed E-state index contributed by atoms with van der Waals surface area (Å²) in [5.74, 6) is -0.181. The van der Waals surface area contributed by atoms with Gasteiger partial charge in [0.1, 0.15) is 0 Å². The molecule has 6 nitrogen and oxygen atoms in total. The Bertz CT molecular complexity index is 638. The lowest BCUT2D eigenvalue weighted by Crippen LogP contribution is -2.27. The van der Waals surface area contributed by atoms with Gasteiger partial charge in [-0.15, -0.1) is 0 Å². The smallest absolute Gasteiger partial charge is 0.272 e. The van der Waals surface area contributed by atoms with Crippen LogP contribution in [0.1, 0.15) is 47.4 Å². The van der Waals surface area contributed by atoms with Crippen molar-refractivity contribution < 1.29 is 9.53 Å². The summed E-state index contributed by atoms with van der Waals surface area (Å²) in [5.41, 5.74) is 3.14. The monoisotopic (exact) mass is 286 g/mol. The van der Waals surface area contributed by atoms with Crippen molar-refractivity contribution in [2.75, 3.05) is 0 Å². The van der Waals surface area contributed by atoms with Crippen molar-refractivity contribution in [1.82, 2.24) is 20.5 Å². The maximum Gasteiger partial charge on any atom is 0.272 e. The maximum absolute atomic E-state index is 12.3. The van der Waals surface area contributed by atoms with Crippen molar-refractivity contribution in [2.24, 2.45) is 0 Å². The molecule has 0 saturated heterocycles. The highest BCUT2D eigenvalue weighted by Crippen LogP contribution is 2.29. The van der Waals surface area contributed by atoms with E-state index in [1.165, 1.54) is 0 Å². The molecule has 1 aliphatic heterocycles. The first kappa shape index (κ1) is 13.8. The van der Waals surface area contributed by atoms with Crippen LogP contribution < -0.4 is 5.32 Å². The number of carbonyl (C=O) groups is 1. The Hall–Kier alpha value is -2.21. The van der Waals surface area contributed by atoms with E-state index in [1.54, 1.807) is 6.20 Å². The fourth-order valence-electron chi connectivity index (χ4n) is 2.62. The van der Waals surface area contributed by atoms with Crippen molar-refractivity contribution in [2.45, 2.75) is 39.0 Å². The van der Waals surface area contributed by atoms with Gasteiger partial charge in [0.15, 0.2) is 5.69 Å². The van der Waals surface area contributed by atoms with E-state index in [-0.39, 0.29) is 18.1 Å². The van der Waals surface area contributed by atoms with Gasteiger partial charge in [-0.1, -0.05) is 6.07 Å². The van der Waals surface area contributed by atoms with Crippen LogP contribution in [0.3, 0.4) is 0 Å². The van der Waals surface area contributed by atoms with Gasteiger partial charge in [-0.3, -0.25) is 14.9 Å². The molecule has 0 saturated carbocycles. The number of fused-ring (bicyclic) bond motifs is 1. The van der Waals surface area contributed by atoms with Gasteiger partial charge < -0.3 is 10.1 Å². The third kappa shape index (κ3) is 2.80. The van der Waals surface area contributed by atoms with Gasteiger partial charge in [0.05, 0.1) is 30.1 Å². The van der Waals surface area contributed by atoms with Crippen molar-refractivity contribution >= 4 is 5.91 Å². The number of nitrogens with zero attached hydrogens (tertiary/aromatic N) is 2. The van der Waals surface area contributed by atoms with Gasteiger partial charge in [-0.2, -0.15) is 5.10 Å². The van der Waals surface area contributed by atoms with Gasteiger partial charge in [-0.05, 0) is 26.0 Å². The Morgan fingerprint density at radius 1 is 1.48 bits per heavy atom. The summed E-state index contributed by atoms with van der Waals surface area (Å²) in [6, 6.07) is 5.61. The molecular formula is C15H18N4O2. The largest absolute Gasteiger partial charge is 0.369 e. The second kappa shape index (κ2) is 5.65. The molecule has 0 spiro atoms. The lowest BCUT2D eigenvalue weighted by molar-refractivity contribution is -0.00697. The van der Waals surface area contributed by atoms with Crippen LogP contribution in [0.25, 0.3) is 0 Å². The van der Waals surface area contributed by atoms with Crippen LogP contribution in [0.15, 0.2) is 24.4 Å². The van der Waals surface area contributed by atoms with E-state index in [0.717, 1.165) is 17.0 Å². The Morgan fingerprint density at radius 3 is 3.10 bits per heavy atom. The lowest BCUT2D eigenvalue weighted by Gasteiger charge is -2.25. The summed E-state index contributed by atoms with van der Waals surface area (Å²) in [6.45, 7) is 4.35. The summed E-state index contributed by atoms with van der Waals surface area (Å²) in [7, 11) is 0. The van der Waals surface area contributed by atoms with Gasteiger partial charge in [-0.25, -0.2) is 0 Å². The van der Waals surface area contributed by atoms with Crippen LogP contribution in [-0.2, 0) is 17.7 Å². The molecule has 2 atom stereocenters. The molecule has 0 aliphatic carbocycles. The summed E-state index contributed by atoms with van der Waals surface area (Å²) in [6.07, 6.45) is 2.43. The molecule has 1 aliphatic rings. The molecule has 1 amide bonds. The third-order valence-electron chi connectivity index (χ3n) is 3.60. The van der Waals surface area contributed by atoms with Crippen LogP contribution in [-0.4, -0.2) is 27.2 Å². The number of aromatic nitrogens is 3. The lowest BCUT2D eigenvalue weighted by atomic mass is 9.99. The van der Waals surface area contributed by atoms with E-state index in [0.29, 0.717) is 18.7 Å². The molecule has 0 unspecified atom stereocenters. The molecule has 3 heterocycles. The average Bonchev–Trinajstić information content (AvgIpc) is 2.90. The van der Waals surface area contributed by atoms with Crippen LogP contribution in [0.5, 0.6) is 0 Å². The second-order valence-electron chi connectivity index (χ2n) is 5.26. The van der Waals surface area contributed by atoms with Gasteiger partial charge in [0.25, 0.3) is 5.91 Å². The zero-order valence-electron chi connectivity index (χ0n) is 12.1. The molecule has 3 rings (SSSR count). The SMILES string of the molecule is C[C@@H]1Cc2c(C(=O)NCc3ccccn3)n[nH]c2[C@H](C)O1. The number of carbonyl (C=O) groups excluding carboxylic acids is 1. The number of amides is 1. The van der Waals surface area contributed by atoms with Crippen molar-refractivity contribution in [3.8, 4) is 0 Å². The highest BCUT2D eigenvalue weighted by molar-refractivity contribution is 5.94. The maximum atomic E-state index is 12.3. The average molecular weight is 286 g/mol. The van der Waals surface area contributed by atoms with Crippen molar-refractivity contribution in [3.63, 3.8) is 0 Å². The number of nitrogens with one attached hydrogen (secondary N) is 2. The predicted molar refractivity (Wildman–Crippen MR) is 76.7 cm³/mol. The molecule has 0 fully saturated rings. The molecule has 2 aromatic rings. The number of rotatable bonds is 3. The van der Waals surface area contributed by atoms with Gasteiger partial charge >= 0.3 is 0 Å². The number of pyridine rings is 1. The Kier molecular flexibility index (Phi) is 3.70. The van der Waals surface area contributed by atoms with Crippen LogP contribution in [0, 0.1) is 0 Å². The van der Waals surface area contributed by atoms with E-state index >= 15 is 0 Å². The summed E-state index contributed by atoms with van der Waals surface area (Å²) in [5, 5.41) is 9.94. The molecule has 2 N–H and O–H groups in total. The van der Waals surface area contributed by atoms with E-state index < -0.39 is 0 Å². The molecule has 21 heavy (non-hydrogen) atoms. The fourth-order valence-corrected chi connectivity index (χ4v) is 2.62. The zero-order chi connectivity index (χ0) is 14.8. The molecule has 110 valence electrons. The third-order valence-corrected chi connectivity index (χ3v) is 3.60. The van der Waals surface area contributed by atoms with Gasteiger partial charge in [0, 0.05) is 18.2 Å². The van der Waals surface area contributed by atoms with Crippen LogP contribution in [0.2, 0.25) is 0 Å². The topological polar surface area (TPSA) is 79.9 Å². The van der Waals surface area contributed by atoms with E-state index in [2.05, 4.69) is 20.5 Å². The number of H-pyrrole nitrogens is 1. The van der Waals surface area contributed by atoms with Crippen LogP contribution in [0.4, 0.5) is 0 Å². The summed E-state index contributed by atoms with van der Waals surface area (Å²) in [4.78, 5) is 16.5. The number of ether oxygens (including phenoxy) is 1. The number of hydrogen-bond acceptors (Lipinski definition) is 4. The predicted octanol–water partition coefficient (Wildman–Crippen LogP) is 1.76. The van der Waals surface area contributed by atoms with E-state index in [9.17, 15) is 4.79 Å². The van der Waals surface area contributed by atoms with Crippen LogP contribution >= 0.6 is 0 Å². The second-order valence-corrected chi connectivity index (χ2v) is 5.26. The number of hydrogen-bond donors (Lipinski definition) is 2. The molecule has 0 bridgehead atoms. The molecule has 2 aromatic heterocycles. The molecule has 6 heteroatoms. The standard InChI is InChI=1S/C15H18N4O2/c1-9-7-12-13(10(2)21-9)18-19-14(12)15(20)17-8-11-5-3-4-6-16-11/h3-6,9-10H,7-8H2,1-2H3,(H,17,20)(H,18,19)/t9-,10+/m1/s1. The summed E-state index contributed by atoms with van der Waals surface area (Å²) >= 11 is 0. The normalized spacial score (nSPS) is 20.9. The minimum absolute atomic E-state index is 0.0615. The first-order valence-electron chi connectivity index (χ1n) is 7.06. The molecule has 0 radical (unpaired) electrons. The van der Waals surface area contributed by atoms with E-state index in [4.69, 9.17) is 4.74 Å². The van der Waals surface area contributed by atoms with E-state index in [1.807, 2.05) is 32.0 Å². The van der Waals surface area contributed by atoms with Crippen molar-refractivity contribution in [1.29, 1.82) is 0 Å². The zero-order valence-corrected chi connectivity index (χ0v) is 12.1. The summed E-state index contributed by atoms with van der Waals surface area (Å²) < 4.78 is 5.72. The fraction of sp³-hybridized carbons (Fsp3) is 0.400. The molecular weight excluding hydrogens is 268 g/mol. The number of aromatic amines is 1. The first-order chi connectivity index (χ1) is 10.1. The molecule has 0 aromatic carbocycles. The Labute approximate surface area is 122 Å². The minimum Gasteiger partial charge on any atom is -0.369 e. The minimum atomic E-state index is -0.181.